The van der Waals surface area contributed by atoms with Gasteiger partial charge in [0.2, 0.25) is 0 Å². The molecule has 1 amide bonds. The number of nitrogens with two attached hydrogens (primary N) is 1. The van der Waals surface area contributed by atoms with Gasteiger partial charge in [-0.25, -0.2) is 0 Å². The van der Waals surface area contributed by atoms with E-state index >= 15 is 0 Å². The summed E-state index contributed by atoms with van der Waals surface area (Å²) in [6, 6.07) is 2.14. The number of carbonyl (C=O) groups is 1. The van der Waals surface area contributed by atoms with Crippen molar-refractivity contribution in [1.82, 2.24) is 9.88 Å². The van der Waals surface area contributed by atoms with Crippen LogP contribution in [-0.4, -0.2) is 22.6 Å². The Morgan fingerprint density at radius 3 is 2.70 bits per heavy atom. The number of amides is 1. The van der Waals surface area contributed by atoms with Gasteiger partial charge in [-0.15, -0.1) is 0 Å². The van der Waals surface area contributed by atoms with Gasteiger partial charge in [0.1, 0.15) is 5.56 Å². The number of nitrogens with zero attached hydrogens (tertiary/aromatic N) is 1. The maximum Gasteiger partial charge on any atom is 0.263 e. The van der Waals surface area contributed by atoms with E-state index in [1.807, 2.05) is 26.8 Å². The minimum absolute atomic E-state index is 0.0904. The molecule has 0 aliphatic heterocycles. The van der Waals surface area contributed by atoms with E-state index in [9.17, 15) is 9.59 Å². The molecule has 2 atom stereocenters. The Hall–Kier alpha value is -1.62. The minimum Gasteiger partial charge on any atom is -0.349 e. The second kappa shape index (κ2) is 5.79. The van der Waals surface area contributed by atoms with Crippen LogP contribution in [0.15, 0.2) is 10.9 Å². The summed E-state index contributed by atoms with van der Waals surface area (Å²) < 4.78 is 1.63. The molecule has 110 valence electrons. The molecule has 0 aromatic carbocycles. The molecule has 0 spiro atoms. The molecule has 20 heavy (non-hydrogen) atoms. The summed E-state index contributed by atoms with van der Waals surface area (Å²) in [6.45, 7) is 6.17. The number of rotatable bonds is 3. The van der Waals surface area contributed by atoms with Crippen LogP contribution in [0.2, 0.25) is 0 Å². The van der Waals surface area contributed by atoms with Crippen LogP contribution in [0.3, 0.4) is 0 Å². The molecule has 0 unspecified atom stereocenters. The summed E-state index contributed by atoms with van der Waals surface area (Å²) in [7, 11) is 0. The van der Waals surface area contributed by atoms with E-state index in [2.05, 4.69) is 5.32 Å². The number of carbonyl (C=O) groups excluding carboxylic acids is 1. The monoisotopic (exact) mass is 277 g/mol. The minimum atomic E-state index is -0.270. The lowest BCUT2D eigenvalue weighted by atomic mass is 10.1. The lowest BCUT2D eigenvalue weighted by Gasteiger charge is -2.16. The molecule has 0 saturated heterocycles. The number of aryl methyl sites for hydroxylation is 2. The molecule has 2 rings (SSSR count). The highest BCUT2D eigenvalue weighted by molar-refractivity contribution is 5.95. The quantitative estimate of drug-likeness (QED) is 0.868. The molecule has 1 aliphatic carbocycles. The van der Waals surface area contributed by atoms with Crippen molar-refractivity contribution in [2.45, 2.75) is 58.7 Å². The molecule has 3 N–H and O–H groups in total. The molecule has 1 aliphatic rings. The van der Waals surface area contributed by atoms with Crippen molar-refractivity contribution in [2.24, 2.45) is 5.73 Å². The van der Waals surface area contributed by atoms with Crippen molar-refractivity contribution < 1.29 is 4.79 Å². The molecule has 1 saturated carbocycles. The molecular weight excluding hydrogens is 254 g/mol. The number of pyridine rings is 1. The third kappa shape index (κ3) is 2.77. The van der Waals surface area contributed by atoms with E-state index in [0.717, 1.165) is 30.5 Å². The lowest BCUT2D eigenvalue weighted by Crippen LogP contribution is -2.39. The number of nitrogens with one attached hydrogen (secondary N) is 1. The average Bonchev–Trinajstić information content (AvgIpc) is 2.74. The summed E-state index contributed by atoms with van der Waals surface area (Å²) in [4.78, 5) is 24.8. The zero-order valence-electron chi connectivity index (χ0n) is 12.4. The number of hydrogen-bond donors (Lipinski definition) is 2. The summed E-state index contributed by atoms with van der Waals surface area (Å²) in [5, 5.41) is 2.95. The summed E-state index contributed by atoms with van der Waals surface area (Å²) in [5.41, 5.74) is 7.52. The molecule has 1 aromatic heterocycles. The predicted molar refractivity (Wildman–Crippen MR) is 78.9 cm³/mol. The van der Waals surface area contributed by atoms with E-state index in [-0.39, 0.29) is 29.1 Å². The normalized spacial score (nSPS) is 22.0. The van der Waals surface area contributed by atoms with Crippen molar-refractivity contribution in [3.63, 3.8) is 0 Å². The van der Waals surface area contributed by atoms with Crippen molar-refractivity contribution in [1.29, 1.82) is 0 Å². The van der Waals surface area contributed by atoms with E-state index in [1.165, 1.54) is 0 Å². The Morgan fingerprint density at radius 1 is 1.45 bits per heavy atom. The molecule has 5 heteroatoms. The fourth-order valence-corrected chi connectivity index (χ4v) is 3.00. The van der Waals surface area contributed by atoms with E-state index in [0.29, 0.717) is 6.54 Å². The van der Waals surface area contributed by atoms with Crippen LogP contribution in [0.25, 0.3) is 0 Å². The first kappa shape index (κ1) is 14.8. The second-order valence-corrected chi connectivity index (χ2v) is 5.64. The molecule has 0 radical (unpaired) electrons. The van der Waals surface area contributed by atoms with E-state index in [4.69, 9.17) is 5.73 Å². The third-order valence-electron chi connectivity index (χ3n) is 4.06. The third-order valence-corrected chi connectivity index (χ3v) is 4.06. The van der Waals surface area contributed by atoms with Crippen LogP contribution in [0, 0.1) is 13.8 Å². The Morgan fingerprint density at radius 2 is 2.15 bits per heavy atom. The highest BCUT2D eigenvalue weighted by Gasteiger charge is 2.25. The van der Waals surface area contributed by atoms with Gasteiger partial charge < -0.3 is 15.6 Å². The average molecular weight is 277 g/mol. The van der Waals surface area contributed by atoms with Crippen LogP contribution in [0.4, 0.5) is 0 Å². The Bertz CT molecular complexity index is 577. The van der Waals surface area contributed by atoms with Gasteiger partial charge in [0.05, 0.1) is 0 Å². The van der Waals surface area contributed by atoms with Gasteiger partial charge in [-0.2, -0.15) is 0 Å². The zero-order chi connectivity index (χ0) is 14.9. The maximum atomic E-state index is 12.4. The molecule has 5 nitrogen and oxygen atoms in total. The van der Waals surface area contributed by atoms with Crippen LogP contribution in [0.1, 0.15) is 47.8 Å². The fraction of sp³-hybridized carbons (Fsp3) is 0.600. The van der Waals surface area contributed by atoms with Crippen LogP contribution in [0.5, 0.6) is 0 Å². The number of hydrogen-bond acceptors (Lipinski definition) is 3. The van der Waals surface area contributed by atoms with Crippen molar-refractivity contribution in [3.05, 3.63) is 33.2 Å². The van der Waals surface area contributed by atoms with Crippen LogP contribution < -0.4 is 16.6 Å². The summed E-state index contributed by atoms with van der Waals surface area (Å²) >= 11 is 0. The summed E-state index contributed by atoms with van der Waals surface area (Å²) in [5.74, 6) is -0.270. The Balaban J connectivity index is 2.28. The fourth-order valence-electron chi connectivity index (χ4n) is 3.00. The first-order chi connectivity index (χ1) is 9.43. The Labute approximate surface area is 119 Å². The van der Waals surface area contributed by atoms with E-state index in [1.54, 1.807) is 4.57 Å². The molecule has 1 heterocycles. The van der Waals surface area contributed by atoms with Gasteiger partial charge in [0, 0.05) is 24.3 Å². The Kier molecular flexibility index (Phi) is 4.28. The topological polar surface area (TPSA) is 77.1 Å². The van der Waals surface area contributed by atoms with Gasteiger partial charge in [-0.05, 0) is 51.7 Å². The van der Waals surface area contributed by atoms with Gasteiger partial charge in [-0.1, -0.05) is 0 Å². The second-order valence-electron chi connectivity index (χ2n) is 5.64. The summed E-state index contributed by atoms with van der Waals surface area (Å²) in [6.07, 6.45) is 2.61. The van der Waals surface area contributed by atoms with Crippen LogP contribution >= 0.6 is 0 Å². The first-order valence-electron chi connectivity index (χ1n) is 7.21. The van der Waals surface area contributed by atoms with Gasteiger partial charge in [0.15, 0.2) is 0 Å². The molecule has 0 bridgehead atoms. The molecule has 1 fully saturated rings. The highest BCUT2D eigenvalue weighted by Crippen LogP contribution is 2.17. The predicted octanol–water partition coefficient (Wildman–Crippen LogP) is 1.09. The van der Waals surface area contributed by atoms with Crippen molar-refractivity contribution >= 4 is 5.91 Å². The lowest BCUT2D eigenvalue weighted by molar-refractivity contribution is 0.0935. The standard InChI is InChI=1S/C15H23N3O2/c1-4-18-10(3)7-9(2)13(15(18)20)14(19)17-12-6-5-11(16)8-12/h7,11-12H,4-6,8,16H2,1-3H3,(H,17,19)/t11-,12-/m1/s1. The zero-order valence-corrected chi connectivity index (χ0v) is 12.4. The molecular formula is C15H23N3O2. The smallest absolute Gasteiger partial charge is 0.263 e. The number of aromatic nitrogens is 1. The molecule has 1 aromatic rings. The van der Waals surface area contributed by atoms with E-state index < -0.39 is 0 Å². The van der Waals surface area contributed by atoms with Crippen LogP contribution in [-0.2, 0) is 6.54 Å². The van der Waals surface area contributed by atoms with Gasteiger partial charge >= 0.3 is 0 Å². The first-order valence-corrected chi connectivity index (χ1v) is 7.21. The van der Waals surface area contributed by atoms with Gasteiger partial charge in [0.25, 0.3) is 11.5 Å². The highest BCUT2D eigenvalue weighted by atomic mass is 16.2. The SMILES string of the molecule is CCn1c(C)cc(C)c(C(=O)N[C@@H]2CC[C@@H](N)C2)c1=O. The maximum absolute atomic E-state index is 12.4. The van der Waals surface area contributed by atoms with Crippen molar-refractivity contribution in [3.8, 4) is 0 Å². The van der Waals surface area contributed by atoms with Gasteiger partial charge in [-0.3, -0.25) is 9.59 Å². The van der Waals surface area contributed by atoms with Crippen molar-refractivity contribution in [2.75, 3.05) is 0 Å². The largest absolute Gasteiger partial charge is 0.349 e.